The van der Waals surface area contributed by atoms with E-state index in [9.17, 15) is 9.90 Å². The number of hydrogen-bond acceptors (Lipinski definition) is 6. The molecule has 3 rings (SSSR count). The van der Waals surface area contributed by atoms with Crippen LogP contribution in [-0.2, 0) is 0 Å². The molecule has 0 bridgehead atoms. The number of aromatic carboxylic acids is 1. The van der Waals surface area contributed by atoms with Gasteiger partial charge in [0.05, 0.1) is 7.11 Å². The summed E-state index contributed by atoms with van der Waals surface area (Å²) >= 11 is 0. The molecular formula is C18H23N3O4. The number of methoxy groups -OCH3 is 1. The van der Waals surface area contributed by atoms with Crippen LogP contribution in [0, 0.1) is 0 Å². The van der Waals surface area contributed by atoms with E-state index in [1.807, 2.05) is 0 Å². The summed E-state index contributed by atoms with van der Waals surface area (Å²) < 4.78 is 10.4. The number of hydrogen-bond donors (Lipinski definition) is 3. The minimum atomic E-state index is -1.06. The molecule has 25 heavy (non-hydrogen) atoms. The maximum atomic E-state index is 11.7. The Hall–Kier alpha value is -2.54. The van der Waals surface area contributed by atoms with Crippen molar-refractivity contribution >= 4 is 11.8 Å². The van der Waals surface area contributed by atoms with Crippen molar-refractivity contribution in [1.29, 1.82) is 0 Å². The quantitative estimate of drug-likeness (QED) is 0.710. The van der Waals surface area contributed by atoms with Crippen molar-refractivity contribution in [3.05, 3.63) is 29.8 Å². The van der Waals surface area contributed by atoms with E-state index in [2.05, 4.69) is 15.8 Å². The minimum absolute atomic E-state index is 0.0572. The number of rotatable bonds is 7. The summed E-state index contributed by atoms with van der Waals surface area (Å²) in [5, 5.41) is 20.1. The fourth-order valence-corrected chi connectivity index (χ4v) is 3.08. The Kier molecular flexibility index (Phi) is 5.55. The van der Waals surface area contributed by atoms with E-state index in [0.29, 0.717) is 23.9 Å². The fourth-order valence-electron chi connectivity index (χ4n) is 3.08. The standard InChI is InChI=1S/C18H23N3O4/c1-24-14-7-5-12(6-8-14)16-15(18(22)23)17(21-25-16)20-11-9-13-4-2-3-10-19-13/h5-8,13,19H,2-4,9-11H2,1H3,(H,20,21)(H,22,23). The van der Waals surface area contributed by atoms with Gasteiger partial charge >= 0.3 is 5.97 Å². The minimum Gasteiger partial charge on any atom is -0.497 e. The monoisotopic (exact) mass is 345 g/mol. The summed E-state index contributed by atoms with van der Waals surface area (Å²) in [6, 6.07) is 7.49. The smallest absolute Gasteiger partial charge is 0.343 e. The predicted molar refractivity (Wildman–Crippen MR) is 94.2 cm³/mol. The van der Waals surface area contributed by atoms with Crippen LogP contribution in [0.5, 0.6) is 5.75 Å². The van der Waals surface area contributed by atoms with Crippen LogP contribution in [0.3, 0.4) is 0 Å². The van der Waals surface area contributed by atoms with E-state index in [4.69, 9.17) is 9.26 Å². The third kappa shape index (κ3) is 4.11. The zero-order chi connectivity index (χ0) is 17.6. The second-order valence-electron chi connectivity index (χ2n) is 6.13. The molecule has 0 aliphatic carbocycles. The van der Waals surface area contributed by atoms with Gasteiger partial charge in [0.15, 0.2) is 17.1 Å². The molecule has 1 aliphatic rings. The molecule has 1 saturated heterocycles. The van der Waals surface area contributed by atoms with Gasteiger partial charge in [0.25, 0.3) is 0 Å². The lowest BCUT2D eigenvalue weighted by molar-refractivity contribution is 0.0698. The molecule has 0 amide bonds. The van der Waals surface area contributed by atoms with Crippen LogP contribution in [0.15, 0.2) is 28.8 Å². The summed E-state index contributed by atoms with van der Waals surface area (Å²) in [6.07, 6.45) is 4.54. The molecule has 0 saturated carbocycles. The number of nitrogens with one attached hydrogen (secondary N) is 2. The second-order valence-corrected chi connectivity index (χ2v) is 6.13. The molecule has 2 heterocycles. The van der Waals surface area contributed by atoms with E-state index in [-0.39, 0.29) is 17.1 Å². The number of carboxylic acids is 1. The first-order chi connectivity index (χ1) is 12.2. The Morgan fingerprint density at radius 2 is 2.20 bits per heavy atom. The lowest BCUT2D eigenvalue weighted by Crippen LogP contribution is -2.35. The van der Waals surface area contributed by atoms with Crippen LogP contribution in [0.4, 0.5) is 5.82 Å². The van der Waals surface area contributed by atoms with Crippen molar-refractivity contribution in [2.24, 2.45) is 0 Å². The summed E-state index contributed by atoms with van der Waals surface area (Å²) in [5.41, 5.74) is 0.703. The number of anilines is 1. The first kappa shape index (κ1) is 17.3. The summed E-state index contributed by atoms with van der Waals surface area (Å²) in [4.78, 5) is 11.7. The van der Waals surface area contributed by atoms with Gasteiger partial charge in [-0.25, -0.2) is 4.79 Å². The largest absolute Gasteiger partial charge is 0.497 e. The zero-order valence-electron chi connectivity index (χ0n) is 14.2. The van der Waals surface area contributed by atoms with Crippen molar-refractivity contribution < 1.29 is 19.2 Å². The Bertz CT molecular complexity index is 706. The van der Waals surface area contributed by atoms with Crippen molar-refractivity contribution in [2.45, 2.75) is 31.7 Å². The lowest BCUT2D eigenvalue weighted by atomic mass is 10.0. The molecule has 3 N–H and O–H groups in total. The number of piperidine rings is 1. The number of benzene rings is 1. The average Bonchev–Trinajstić information content (AvgIpc) is 3.07. The highest BCUT2D eigenvalue weighted by Gasteiger charge is 2.24. The van der Waals surface area contributed by atoms with Gasteiger partial charge in [0, 0.05) is 18.2 Å². The van der Waals surface area contributed by atoms with Gasteiger partial charge < -0.3 is 25.0 Å². The second kappa shape index (κ2) is 8.02. The number of carboxylic acid groups (broad SMARTS) is 1. The predicted octanol–water partition coefficient (Wildman–Crippen LogP) is 2.99. The summed E-state index contributed by atoms with van der Waals surface area (Å²) in [6.45, 7) is 1.70. The van der Waals surface area contributed by atoms with Gasteiger partial charge in [-0.05, 0) is 50.1 Å². The molecule has 1 aromatic heterocycles. The SMILES string of the molecule is COc1ccc(-c2onc(NCCC3CCCCN3)c2C(=O)O)cc1. The molecule has 1 atom stereocenters. The molecule has 134 valence electrons. The normalized spacial score (nSPS) is 17.2. The highest BCUT2D eigenvalue weighted by Crippen LogP contribution is 2.30. The topological polar surface area (TPSA) is 96.6 Å². The number of ether oxygens (including phenoxy) is 1. The molecule has 7 heteroatoms. The van der Waals surface area contributed by atoms with Gasteiger partial charge in [-0.3, -0.25) is 0 Å². The Morgan fingerprint density at radius 3 is 2.84 bits per heavy atom. The number of carbonyl (C=O) groups is 1. The Morgan fingerprint density at radius 1 is 1.40 bits per heavy atom. The van der Waals surface area contributed by atoms with Crippen LogP contribution < -0.4 is 15.4 Å². The molecule has 0 radical (unpaired) electrons. The third-order valence-electron chi connectivity index (χ3n) is 4.46. The maximum Gasteiger partial charge on any atom is 0.343 e. The molecular weight excluding hydrogens is 322 g/mol. The summed E-state index contributed by atoms with van der Waals surface area (Å²) in [7, 11) is 1.58. The molecule has 1 fully saturated rings. The molecule has 1 unspecified atom stereocenters. The van der Waals surface area contributed by atoms with E-state index in [1.54, 1.807) is 31.4 Å². The van der Waals surface area contributed by atoms with Crippen molar-refractivity contribution in [1.82, 2.24) is 10.5 Å². The molecule has 1 aromatic carbocycles. The fraction of sp³-hybridized carbons (Fsp3) is 0.444. The maximum absolute atomic E-state index is 11.7. The van der Waals surface area contributed by atoms with Crippen LogP contribution in [0.25, 0.3) is 11.3 Å². The van der Waals surface area contributed by atoms with E-state index < -0.39 is 5.97 Å². The highest BCUT2D eigenvalue weighted by molar-refractivity contribution is 5.99. The van der Waals surface area contributed by atoms with Crippen molar-refractivity contribution in [3.63, 3.8) is 0 Å². The first-order valence-corrected chi connectivity index (χ1v) is 8.53. The Balaban J connectivity index is 1.71. The van der Waals surface area contributed by atoms with E-state index in [1.165, 1.54) is 12.8 Å². The van der Waals surface area contributed by atoms with Crippen molar-refractivity contribution in [2.75, 3.05) is 25.5 Å². The zero-order valence-corrected chi connectivity index (χ0v) is 14.2. The van der Waals surface area contributed by atoms with Gasteiger partial charge in [0.2, 0.25) is 0 Å². The highest BCUT2D eigenvalue weighted by atomic mass is 16.5. The first-order valence-electron chi connectivity index (χ1n) is 8.53. The summed E-state index contributed by atoms with van der Waals surface area (Å²) in [5.74, 6) is 0.145. The molecule has 1 aliphatic heterocycles. The van der Waals surface area contributed by atoms with Crippen molar-refractivity contribution in [3.8, 4) is 17.1 Å². The lowest BCUT2D eigenvalue weighted by Gasteiger charge is -2.23. The third-order valence-corrected chi connectivity index (χ3v) is 4.46. The van der Waals surface area contributed by atoms with Gasteiger partial charge in [-0.15, -0.1) is 0 Å². The van der Waals surface area contributed by atoms with Crippen LogP contribution in [0.2, 0.25) is 0 Å². The van der Waals surface area contributed by atoms with Gasteiger partial charge in [-0.2, -0.15) is 0 Å². The molecule has 2 aromatic rings. The average molecular weight is 345 g/mol. The number of aromatic nitrogens is 1. The molecule has 0 spiro atoms. The van der Waals surface area contributed by atoms with Crippen LogP contribution >= 0.6 is 0 Å². The molecule has 7 nitrogen and oxygen atoms in total. The van der Waals surface area contributed by atoms with Crippen LogP contribution in [-0.4, -0.2) is 42.5 Å². The van der Waals surface area contributed by atoms with Gasteiger partial charge in [-0.1, -0.05) is 11.6 Å². The Labute approximate surface area is 146 Å². The van der Waals surface area contributed by atoms with E-state index >= 15 is 0 Å². The number of nitrogens with zero attached hydrogens (tertiary/aromatic N) is 1. The van der Waals surface area contributed by atoms with E-state index in [0.717, 1.165) is 19.4 Å². The van der Waals surface area contributed by atoms with Gasteiger partial charge in [0.1, 0.15) is 5.75 Å². The van der Waals surface area contributed by atoms with Crippen LogP contribution in [0.1, 0.15) is 36.0 Å².